The van der Waals surface area contributed by atoms with Crippen molar-refractivity contribution in [3.8, 4) is 0 Å². The van der Waals surface area contributed by atoms with Crippen LogP contribution < -0.4 is 11.2 Å². The first kappa shape index (κ1) is 9.88. The molecule has 1 heterocycles. The molecule has 0 saturated heterocycles. The average Bonchev–Trinajstić information content (AvgIpc) is 2.55. The van der Waals surface area contributed by atoms with Gasteiger partial charge < -0.3 is 5.73 Å². The van der Waals surface area contributed by atoms with Crippen LogP contribution in [-0.4, -0.2) is 11.3 Å². The molecule has 0 saturated carbocycles. The average molecular weight is 211 g/mol. The van der Waals surface area contributed by atoms with Crippen LogP contribution in [0, 0.1) is 0 Å². The lowest BCUT2D eigenvalue weighted by molar-refractivity contribution is 1.04. The molecule has 0 spiro atoms. The highest BCUT2D eigenvalue weighted by Gasteiger charge is 1.82. The number of thiophene rings is 1. The third-order valence-electron chi connectivity index (χ3n) is 1.14. The van der Waals surface area contributed by atoms with Crippen LogP contribution in [0.25, 0.3) is 6.08 Å². The van der Waals surface area contributed by atoms with Crippen molar-refractivity contribution >= 4 is 41.0 Å². The highest BCUT2D eigenvalue weighted by molar-refractivity contribution is 7.80. The van der Waals surface area contributed by atoms with E-state index in [0.29, 0.717) is 0 Å². The highest BCUT2D eigenvalue weighted by atomic mass is 32.1. The Morgan fingerprint density at radius 2 is 2.54 bits per heavy atom. The molecule has 5 heteroatoms. The van der Waals surface area contributed by atoms with E-state index in [1.807, 2.05) is 29.7 Å². The zero-order chi connectivity index (χ0) is 9.52. The van der Waals surface area contributed by atoms with E-state index in [4.69, 9.17) is 5.73 Å². The van der Waals surface area contributed by atoms with Crippen LogP contribution in [0.2, 0.25) is 0 Å². The van der Waals surface area contributed by atoms with Crippen molar-refractivity contribution in [2.24, 2.45) is 10.8 Å². The molecule has 0 radical (unpaired) electrons. The first-order chi connectivity index (χ1) is 6.29. The second-order valence-corrected chi connectivity index (χ2v) is 3.55. The van der Waals surface area contributed by atoms with Crippen molar-refractivity contribution in [1.82, 2.24) is 5.43 Å². The molecule has 0 aromatic carbocycles. The zero-order valence-electron chi connectivity index (χ0n) is 6.81. The maximum absolute atomic E-state index is 5.15. The lowest BCUT2D eigenvalue weighted by Gasteiger charge is -1.90. The van der Waals surface area contributed by atoms with Crippen LogP contribution >= 0.6 is 23.6 Å². The minimum atomic E-state index is 0.167. The second-order valence-electron chi connectivity index (χ2n) is 2.13. The number of allylic oxidation sites excluding steroid dienone is 1. The van der Waals surface area contributed by atoms with Crippen molar-refractivity contribution in [2.75, 3.05) is 0 Å². The number of hydrogen-bond donors (Lipinski definition) is 2. The summed E-state index contributed by atoms with van der Waals surface area (Å²) in [4.78, 5) is 1.18. The Morgan fingerprint density at radius 1 is 1.69 bits per heavy atom. The summed E-state index contributed by atoms with van der Waals surface area (Å²) < 4.78 is 0. The summed E-state index contributed by atoms with van der Waals surface area (Å²) in [5.74, 6) is 0. The van der Waals surface area contributed by atoms with Gasteiger partial charge in [-0.2, -0.15) is 5.10 Å². The van der Waals surface area contributed by atoms with Crippen molar-refractivity contribution in [1.29, 1.82) is 0 Å². The highest BCUT2D eigenvalue weighted by Crippen LogP contribution is 2.09. The van der Waals surface area contributed by atoms with Crippen molar-refractivity contribution < 1.29 is 0 Å². The van der Waals surface area contributed by atoms with Crippen molar-refractivity contribution in [2.45, 2.75) is 0 Å². The summed E-state index contributed by atoms with van der Waals surface area (Å²) in [6, 6.07) is 4.02. The Hall–Kier alpha value is -1.20. The van der Waals surface area contributed by atoms with Crippen LogP contribution in [0.15, 0.2) is 28.7 Å². The molecule has 13 heavy (non-hydrogen) atoms. The molecular weight excluding hydrogens is 202 g/mol. The Bertz CT molecular complexity index is 314. The van der Waals surface area contributed by atoms with E-state index in [0.717, 1.165) is 0 Å². The predicted octanol–water partition coefficient (Wildman–Crippen LogP) is 1.58. The molecule has 0 aliphatic rings. The number of thiocarbonyl (C=S) groups is 1. The predicted molar refractivity (Wildman–Crippen MR) is 61.8 cm³/mol. The number of nitrogens with one attached hydrogen (secondary N) is 1. The molecule has 3 N–H and O–H groups in total. The van der Waals surface area contributed by atoms with Crippen LogP contribution in [0.3, 0.4) is 0 Å². The van der Waals surface area contributed by atoms with Gasteiger partial charge in [0, 0.05) is 11.1 Å². The molecule has 1 aromatic heterocycles. The van der Waals surface area contributed by atoms with Crippen molar-refractivity contribution in [3.63, 3.8) is 0 Å². The van der Waals surface area contributed by atoms with E-state index in [-0.39, 0.29) is 5.11 Å². The van der Waals surface area contributed by atoms with Gasteiger partial charge in [-0.25, -0.2) is 0 Å². The Kier molecular flexibility index (Phi) is 4.14. The maximum atomic E-state index is 5.15. The smallest absolute Gasteiger partial charge is 0.184 e. The first-order valence-electron chi connectivity index (χ1n) is 3.58. The number of nitrogens with two attached hydrogens (primary N) is 1. The van der Waals surface area contributed by atoms with Gasteiger partial charge in [0.2, 0.25) is 0 Å². The van der Waals surface area contributed by atoms with Gasteiger partial charge in [0.05, 0.1) is 0 Å². The molecule has 0 atom stereocenters. The van der Waals surface area contributed by atoms with E-state index in [2.05, 4.69) is 22.7 Å². The SMILES string of the molecule is NC(=S)N/N=C/C=C/c1cccs1. The Morgan fingerprint density at radius 3 is 3.15 bits per heavy atom. The zero-order valence-corrected chi connectivity index (χ0v) is 8.44. The summed E-state index contributed by atoms with van der Waals surface area (Å²) in [6.45, 7) is 0. The fourth-order valence-electron chi connectivity index (χ4n) is 0.668. The Labute approximate surface area is 86.0 Å². The summed E-state index contributed by atoms with van der Waals surface area (Å²) in [5, 5.41) is 5.93. The molecule has 0 amide bonds. The van der Waals surface area contributed by atoms with Crippen LogP contribution in [0.1, 0.15) is 4.88 Å². The Balaban J connectivity index is 2.34. The van der Waals surface area contributed by atoms with Gasteiger partial charge in [-0.15, -0.1) is 11.3 Å². The van der Waals surface area contributed by atoms with Gasteiger partial charge in [-0.3, -0.25) is 5.43 Å². The monoisotopic (exact) mass is 211 g/mol. The van der Waals surface area contributed by atoms with Gasteiger partial charge in [0.1, 0.15) is 0 Å². The standard InChI is InChI=1S/C8H9N3S2/c9-8(12)11-10-5-1-3-7-4-2-6-13-7/h1-6H,(H3,9,11,12)/b3-1+,10-5+. The number of hydrazone groups is 1. The third kappa shape index (κ3) is 4.39. The van der Waals surface area contributed by atoms with Gasteiger partial charge in [0.15, 0.2) is 5.11 Å². The van der Waals surface area contributed by atoms with Crippen molar-refractivity contribution in [3.05, 3.63) is 28.5 Å². The normalized spacial score (nSPS) is 11.1. The molecule has 1 aromatic rings. The van der Waals surface area contributed by atoms with Gasteiger partial charge in [-0.05, 0) is 35.8 Å². The summed E-state index contributed by atoms with van der Waals surface area (Å²) in [7, 11) is 0. The fraction of sp³-hybridized carbons (Fsp3) is 0. The lowest BCUT2D eigenvalue weighted by Crippen LogP contribution is -2.23. The maximum Gasteiger partial charge on any atom is 0.184 e. The number of rotatable bonds is 3. The fourth-order valence-corrected chi connectivity index (χ4v) is 1.35. The molecule has 0 fully saturated rings. The van der Waals surface area contributed by atoms with Gasteiger partial charge in [0.25, 0.3) is 0 Å². The summed E-state index contributed by atoms with van der Waals surface area (Å²) in [6.07, 6.45) is 5.37. The molecule has 1 rings (SSSR count). The molecule has 0 unspecified atom stereocenters. The first-order valence-corrected chi connectivity index (χ1v) is 4.86. The number of nitrogens with zero attached hydrogens (tertiary/aromatic N) is 1. The van der Waals surface area contributed by atoms with Gasteiger partial charge in [-0.1, -0.05) is 6.07 Å². The lowest BCUT2D eigenvalue weighted by atomic mass is 10.4. The molecule has 68 valence electrons. The van der Waals surface area contributed by atoms with Crippen LogP contribution in [0.5, 0.6) is 0 Å². The molecule has 3 nitrogen and oxygen atoms in total. The van der Waals surface area contributed by atoms with E-state index in [1.54, 1.807) is 17.6 Å². The quantitative estimate of drug-likeness (QED) is 0.453. The summed E-state index contributed by atoms with van der Waals surface area (Å²) in [5.41, 5.74) is 7.61. The third-order valence-corrected chi connectivity index (χ3v) is 2.07. The second kappa shape index (κ2) is 5.45. The topological polar surface area (TPSA) is 50.4 Å². The minimum absolute atomic E-state index is 0.167. The molecule has 0 aliphatic heterocycles. The van der Waals surface area contributed by atoms with E-state index in [1.165, 1.54) is 4.88 Å². The van der Waals surface area contributed by atoms with Crippen LogP contribution in [-0.2, 0) is 0 Å². The van der Waals surface area contributed by atoms with Crippen LogP contribution in [0.4, 0.5) is 0 Å². The molecular formula is C8H9N3S2. The van der Waals surface area contributed by atoms with Gasteiger partial charge >= 0.3 is 0 Å². The largest absolute Gasteiger partial charge is 0.375 e. The summed E-state index contributed by atoms with van der Waals surface area (Å²) >= 11 is 6.22. The molecule has 0 aliphatic carbocycles. The van der Waals surface area contributed by atoms with E-state index < -0.39 is 0 Å². The number of hydrogen-bond acceptors (Lipinski definition) is 3. The molecule has 0 bridgehead atoms. The van der Waals surface area contributed by atoms with E-state index >= 15 is 0 Å². The van der Waals surface area contributed by atoms with E-state index in [9.17, 15) is 0 Å². The minimum Gasteiger partial charge on any atom is -0.375 e.